The number of hydrogen-bond donors (Lipinski definition) is 2. The number of nitrogens with one attached hydrogen (secondary N) is 2. The van der Waals surface area contributed by atoms with Gasteiger partial charge in [0, 0.05) is 16.6 Å². The molecule has 0 fully saturated rings. The Labute approximate surface area is 124 Å². The molecule has 5 nitrogen and oxygen atoms in total. The smallest absolute Gasteiger partial charge is 0.262 e. The molecular formula is C15H10ClN3O2. The molecule has 2 aromatic heterocycles. The minimum absolute atomic E-state index is 0.121. The maximum Gasteiger partial charge on any atom is 0.262 e. The molecule has 0 atom stereocenters. The molecule has 3 rings (SSSR count). The predicted octanol–water partition coefficient (Wildman–Crippen LogP) is 3.21. The standard InChI is InChI=1S/C15H10ClN3O2/c16-10-4-5-12-9(7-10)8-11(14(17)21-12)15(20)19-13-3-1-2-6-18-13/h1-8,17H,(H,18,19,20). The minimum Gasteiger partial charge on any atom is -0.438 e. The summed E-state index contributed by atoms with van der Waals surface area (Å²) in [6.45, 7) is 0. The van der Waals surface area contributed by atoms with Crippen molar-refractivity contribution in [2.75, 3.05) is 5.32 Å². The van der Waals surface area contributed by atoms with Crippen LogP contribution >= 0.6 is 11.6 Å². The molecule has 0 aliphatic rings. The van der Waals surface area contributed by atoms with Crippen molar-refractivity contribution in [2.45, 2.75) is 0 Å². The highest BCUT2D eigenvalue weighted by atomic mass is 35.5. The average Bonchev–Trinajstić information content (AvgIpc) is 2.48. The number of benzene rings is 1. The van der Waals surface area contributed by atoms with Gasteiger partial charge in [0.1, 0.15) is 17.0 Å². The fraction of sp³-hybridized carbons (Fsp3) is 0. The van der Waals surface area contributed by atoms with Crippen molar-refractivity contribution >= 4 is 34.3 Å². The lowest BCUT2D eigenvalue weighted by molar-refractivity contribution is 0.102. The largest absolute Gasteiger partial charge is 0.438 e. The van der Waals surface area contributed by atoms with Gasteiger partial charge in [0.05, 0.1) is 0 Å². The third-order valence-corrected chi connectivity index (χ3v) is 3.11. The molecule has 104 valence electrons. The van der Waals surface area contributed by atoms with Gasteiger partial charge in [-0.05, 0) is 36.4 Å². The van der Waals surface area contributed by atoms with E-state index in [0.717, 1.165) is 0 Å². The van der Waals surface area contributed by atoms with Gasteiger partial charge in [-0.2, -0.15) is 0 Å². The zero-order valence-electron chi connectivity index (χ0n) is 10.8. The van der Waals surface area contributed by atoms with Crippen LogP contribution in [0.5, 0.6) is 0 Å². The molecular weight excluding hydrogens is 290 g/mol. The van der Waals surface area contributed by atoms with Gasteiger partial charge >= 0.3 is 0 Å². The van der Waals surface area contributed by atoms with Gasteiger partial charge in [-0.25, -0.2) is 4.98 Å². The van der Waals surface area contributed by atoms with Crippen LogP contribution in [0.3, 0.4) is 0 Å². The lowest BCUT2D eigenvalue weighted by Crippen LogP contribution is -2.21. The summed E-state index contributed by atoms with van der Waals surface area (Å²) in [5.41, 5.74) is 0.410. The van der Waals surface area contributed by atoms with Crippen LogP contribution in [0, 0.1) is 5.41 Å². The van der Waals surface area contributed by atoms with Crippen LogP contribution in [0.15, 0.2) is 53.1 Å². The number of carbonyl (C=O) groups excluding carboxylic acids is 1. The number of aromatic nitrogens is 1. The van der Waals surface area contributed by atoms with Crippen LogP contribution in [-0.4, -0.2) is 10.9 Å². The molecule has 1 amide bonds. The molecule has 0 unspecified atom stereocenters. The summed E-state index contributed by atoms with van der Waals surface area (Å²) in [6.07, 6.45) is 1.57. The van der Waals surface area contributed by atoms with Crippen molar-refractivity contribution in [3.8, 4) is 0 Å². The van der Waals surface area contributed by atoms with Crippen LogP contribution in [0.25, 0.3) is 11.0 Å². The maximum absolute atomic E-state index is 12.2. The minimum atomic E-state index is -0.454. The molecule has 6 heteroatoms. The van der Waals surface area contributed by atoms with Crippen molar-refractivity contribution in [1.29, 1.82) is 5.41 Å². The number of amides is 1. The van der Waals surface area contributed by atoms with E-state index in [-0.39, 0.29) is 11.1 Å². The van der Waals surface area contributed by atoms with Crippen molar-refractivity contribution in [1.82, 2.24) is 4.98 Å². The maximum atomic E-state index is 12.2. The topological polar surface area (TPSA) is 79.0 Å². The Hall–Kier alpha value is -2.66. The van der Waals surface area contributed by atoms with E-state index in [4.69, 9.17) is 21.4 Å². The molecule has 0 aliphatic carbocycles. The van der Waals surface area contributed by atoms with Crippen LogP contribution in [0.2, 0.25) is 5.02 Å². The number of fused-ring (bicyclic) bond motifs is 1. The van der Waals surface area contributed by atoms with Gasteiger partial charge in [-0.15, -0.1) is 0 Å². The molecule has 0 saturated carbocycles. The second kappa shape index (κ2) is 5.38. The Morgan fingerprint density at radius 3 is 2.86 bits per heavy atom. The normalized spacial score (nSPS) is 10.5. The van der Waals surface area contributed by atoms with E-state index in [2.05, 4.69) is 10.3 Å². The lowest BCUT2D eigenvalue weighted by atomic mass is 10.2. The first-order chi connectivity index (χ1) is 10.1. The van der Waals surface area contributed by atoms with Gasteiger partial charge in [-0.1, -0.05) is 17.7 Å². The molecule has 0 spiro atoms. The third kappa shape index (κ3) is 2.78. The van der Waals surface area contributed by atoms with Crippen molar-refractivity contribution < 1.29 is 9.21 Å². The first-order valence-corrected chi connectivity index (χ1v) is 6.52. The van der Waals surface area contributed by atoms with E-state index < -0.39 is 5.91 Å². The second-order valence-corrected chi connectivity index (χ2v) is 4.78. The van der Waals surface area contributed by atoms with E-state index in [9.17, 15) is 4.79 Å². The van der Waals surface area contributed by atoms with E-state index >= 15 is 0 Å². The number of halogens is 1. The number of carbonyl (C=O) groups is 1. The summed E-state index contributed by atoms with van der Waals surface area (Å²) in [5.74, 6) is -0.0441. The quantitative estimate of drug-likeness (QED) is 0.762. The van der Waals surface area contributed by atoms with Crippen molar-refractivity contribution in [2.24, 2.45) is 0 Å². The van der Waals surface area contributed by atoms with Gasteiger partial charge in [0.15, 0.2) is 0 Å². The molecule has 0 radical (unpaired) electrons. The molecule has 0 aliphatic heterocycles. The highest BCUT2D eigenvalue weighted by Crippen LogP contribution is 2.19. The number of anilines is 1. The van der Waals surface area contributed by atoms with Crippen molar-refractivity contribution in [3.63, 3.8) is 0 Å². The molecule has 3 aromatic rings. The molecule has 0 saturated heterocycles. The SMILES string of the molecule is N=c1oc2ccc(Cl)cc2cc1C(=O)Nc1ccccn1. The van der Waals surface area contributed by atoms with Gasteiger partial charge in [0.25, 0.3) is 5.91 Å². The summed E-state index contributed by atoms with van der Waals surface area (Å²) < 4.78 is 5.33. The Kier molecular flexibility index (Phi) is 3.41. The summed E-state index contributed by atoms with van der Waals surface area (Å²) in [7, 11) is 0. The van der Waals surface area contributed by atoms with E-state index in [1.807, 2.05) is 0 Å². The van der Waals surface area contributed by atoms with E-state index in [1.54, 1.807) is 48.7 Å². The fourth-order valence-electron chi connectivity index (χ4n) is 1.90. The van der Waals surface area contributed by atoms with Crippen LogP contribution in [-0.2, 0) is 0 Å². The highest BCUT2D eigenvalue weighted by molar-refractivity contribution is 6.31. The Morgan fingerprint density at radius 1 is 1.24 bits per heavy atom. The summed E-state index contributed by atoms with van der Waals surface area (Å²) >= 11 is 5.92. The second-order valence-electron chi connectivity index (χ2n) is 4.34. The van der Waals surface area contributed by atoms with Gasteiger partial charge in [0.2, 0.25) is 5.55 Å². The van der Waals surface area contributed by atoms with Crippen LogP contribution in [0.4, 0.5) is 5.82 Å². The zero-order chi connectivity index (χ0) is 14.8. The third-order valence-electron chi connectivity index (χ3n) is 2.88. The molecule has 0 bridgehead atoms. The van der Waals surface area contributed by atoms with Gasteiger partial charge in [-0.3, -0.25) is 10.2 Å². The van der Waals surface area contributed by atoms with E-state index in [1.165, 1.54) is 0 Å². The summed E-state index contributed by atoms with van der Waals surface area (Å²) in [6, 6.07) is 11.8. The lowest BCUT2D eigenvalue weighted by Gasteiger charge is -2.05. The monoisotopic (exact) mass is 299 g/mol. The zero-order valence-corrected chi connectivity index (χ0v) is 11.5. The first-order valence-electron chi connectivity index (χ1n) is 6.14. The van der Waals surface area contributed by atoms with Crippen LogP contribution < -0.4 is 10.9 Å². The van der Waals surface area contributed by atoms with E-state index in [0.29, 0.717) is 21.8 Å². The first kappa shape index (κ1) is 13.3. The Balaban J connectivity index is 2.01. The number of rotatable bonds is 2. The van der Waals surface area contributed by atoms with Crippen molar-refractivity contribution in [3.05, 3.63) is 64.8 Å². The summed E-state index contributed by atoms with van der Waals surface area (Å²) in [5, 5.41) is 11.6. The fourth-order valence-corrected chi connectivity index (χ4v) is 2.08. The molecule has 1 aromatic carbocycles. The average molecular weight is 300 g/mol. The number of nitrogens with zero attached hydrogens (tertiary/aromatic N) is 1. The highest BCUT2D eigenvalue weighted by Gasteiger charge is 2.12. The van der Waals surface area contributed by atoms with Gasteiger partial charge < -0.3 is 9.73 Å². The predicted molar refractivity (Wildman–Crippen MR) is 79.3 cm³/mol. The molecule has 21 heavy (non-hydrogen) atoms. The van der Waals surface area contributed by atoms with Crippen LogP contribution in [0.1, 0.15) is 10.4 Å². The Bertz CT molecular complexity index is 875. The molecule has 2 N–H and O–H groups in total. The number of hydrogen-bond acceptors (Lipinski definition) is 4. The molecule has 2 heterocycles. The number of pyridine rings is 1. The Morgan fingerprint density at radius 2 is 2.10 bits per heavy atom. The summed E-state index contributed by atoms with van der Waals surface area (Å²) in [4.78, 5) is 16.2.